The molecule has 0 saturated heterocycles. The zero-order valence-electron chi connectivity index (χ0n) is 16.2. The molecule has 2 aromatic rings. The fraction of sp³-hybridized carbons (Fsp3) is 0.409. The minimum Gasteiger partial charge on any atom is -0.481 e. The maximum Gasteiger partial charge on any atom is 0.261 e. The van der Waals surface area contributed by atoms with Crippen LogP contribution in [0, 0.1) is 11.8 Å². The molecule has 2 rings (SSSR count). The van der Waals surface area contributed by atoms with Gasteiger partial charge in [-0.1, -0.05) is 25.0 Å². The highest BCUT2D eigenvalue weighted by Crippen LogP contribution is 2.23. The Bertz CT molecular complexity index is 830. The molecule has 138 valence electrons. The first-order valence-corrected chi connectivity index (χ1v) is 8.82. The van der Waals surface area contributed by atoms with Gasteiger partial charge in [-0.2, -0.15) is 0 Å². The van der Waals surface area contributed by atoms with Gasteiger partial charge in [-0.05, 0) is 62.2 Å². The summed E-state index contributed by atoms with van der Waals surface area (Å²) in [4.78, 5) is 12.6. The topological polar surface area (TPSA) is 47.6 Å². The van der Waals surface area contributed by atoms with Gasteiger partial charge in [0.1, 0.15) is 5.75 Å². The maximum absolute atomic E-state index is 12.6. The molecule has 1 amide bonds. The van der Waals surface area contributed by atoms with Crippen LogP contribution in [0.2, 0.25) is 0 Å². The summed E-state index contributed by atoms with van der Waals surface area (Å²) < 4.78 is 11.1. The number of carbonyl (C=O) groups is 1. The van der Waals surface area contributed by atoms with Crippen molar-refractivity contribution in [1.82, 2.24) is 5.32 Å². The molecule has 0 spiro atoms. The number of amides is 1. The number of rotatable bonds is 7. The van der Waals surface area contributed by atoms with Crippen molar-refractivity contribution < 1.29 is 14.3 Å². The molecular formula is C22H27NO3. The summed E-state index contributed by atoms with van der Waals surface area (Å²) in [5.41, 5.74) is 0.517. The van der Waals surface area contributed by atoms with Gasteiger partial charge in [-0.25, -0.2) is 0 Å². The van der Waals surface area contributed by atoms with Crippen LogP contribution in [0.15, 0.2) is 36.4 Å². The van der Waals surface area contributed by atoms with Crippen molar-refractivity contribution in [2.24, 2.45) is 0 Å². The lowest BCUT2D eigenvalue weighted by molar-refractivity contribution is -0.130. The van der Waals surface area contributed by atoms with Crippen molar-refractivity contribution in [3.63, 3.8) is 0 Å². The molecule has 1 unspecified atom stereocenters. The molecule has 26 heavy (non-hydrogen) atoms. The zero-order valence-corrected chi connectivity index (χ0v) is 16.2. The average molecular weight is 353 g/mol. The summed E-state index contributed by atoms with van der Waals surface area (Å²) in [6.45, 7) is 8.04. The van der Waals surface area contributed by atoms with Gasteiger partial charge >= 0.3 is 0 Å². The van der Waals surface area contributed by atoms with Gasteiger partial charge in [0.05, 0.1) is 12.1 Å². The third kappa shape index (κ3) is 5.24. The normalized spacial score (nSPS) is 12.2. The molecule has 0 radical (unpaired) electrons. The molecule has 0 aliphatic rings. The second-order valence-electron chi connectivity index (χ2n) is 6.92. The predicted octanol–water partition coefficient (Wildman–Crippen LogP) is 3.91. The number of ether oxygens (including phenoxy) is 2. The number of carbonyl (C=O) groups excluding carboxylic acids is 1. The fourth-order valence-corrected chi connectivity index (χ4v) is 2.82. The van der Waals surface area contributed by atoms with Gasteiger partial charge in [0, 0.05) is 12.7 Å². The number of benzene rings is 2. The molecule has 4 heteroatoms. The van der Waals surface area contributed by atoms with Crippen molar-refractivity contribution in [2.75, 3.05) is 13.7 Å². The summed E-state index contributed by atoms with van der Waals surface area (Å²) in [5, 5.41) is 5.13. The quantitative estimate of drug-likeness (QED) is 0.768. The molecule has 0 heterocycles. The first-order chi connectivity index (χ1) is 12.4. The van der Waals surface area contributed by atoms with Crippen LogP contribution < -0.4 is 10.1 Å². The van der Waals surface area contributed by atoms with E-state index in [-0.39, 0.29) is 5.91 Å². The van der Waals surface area contributed by atoms with Gasteiger partial charge < -0.3 is 14.8 Å². The lowest BCUT2D eigenvalue weighted by Gasteiger charge is -2.28. The van der Waals surface area contributed by atoms with Crippen molar-refractivity contribution in [3.8, 4) is 17.6 Å². The zero-order chi connectivity index (χ0) is 19.2. The Hall–Kier alpha value is -2.51. The number of hydrogen-bond donors (Lipinski definition) is 1. The Morgan fingerprint density at radius 3 is 2.58 bits per heavy atom. The number of methoxy groups -OCH3 is 1. The van der Waals surface area contributed by atoms with Crippen LogP contribution in [-0.2, 0) is 9.53 Å². The standard InChI is InChI=1S/C22H27NO3/c1-6-8-16-9-10-17-11-12-19(14-18(17)13-16)26-20(7-2)21(24)23-22(3,4)15-25-5/h9-14,20H,7,15H2,1-5H3,(H,23,24). The van der Waals surface area contributed by atoms with E-state index in [1.807, 2.05) is 64.1 Å². The summed E-state index contributed by atoms with van der Waals surface area (Å²) in [6.07, 6.45) is 0.0241. The summed E-state index contributed by atoms with van der Waals surface area (Å²) in [7, 11) is 1.62. The van der Waals surface area contributed by atoms with Crippen LogP contribution >= 0.6 is 0 Å². The summed E-state index contributed by atoms with van der Waals surface area (Å²) >= 11 is 0. The smallest absolute Gasteiger partial charge is 0.261 e. The van der Waals surface area contributed by atoms with Crippen molar-refractivity contribution in [2.45, 2.75) is 45.8 Å². The van der Waals surface area contributed by atoms with Crippen molar-refractivity contribution in [3.05, 3.63) is 42.0 Å². The molecular weight excluding hydrogens is 326 g/mol. The Morgan fingerprint density at radius 2 is 1.92 bits per heavy atom. The van der Waals surface area contributed by atoms with Crippen LogP contribution in [0.5, 0.6) is 5.75 Å². The van der Waals surface area contributed by atoms with Crippen molar-refractivity contribution >= 4 is 16.7 Å². The van der Waals surface area contributed by atoms with Crippen molar-refractivity contribution in [1.29, 1.82) is 0 Å². The lowest BCUT2D eigenvalue weighted by Crippen LogP contribution is -2.51. The van der Waals surface area contributed by atoms with E-state index in [1.165, 1.54) is 0 Å². The Morgan fingerprint density at radius 1 is 1.19 bits per heavy atom. The lowest BCUT2D eigenvalue weighted by atomic mass is 10.1. The third-order valence-corrected chi connectivity index (χ3v) is 3.99. The Labute approximate surface area is 155 Å². The number of nitrogens with one attached hydrogen (secondary N) is 1. The highest BCUT2D eigenvalue weighted by molar-refractivity contribution is 5.86. The Kier molecular flexibility index (Phi) is 6.65. The van der Waals surface area contributed by atoms with Gasteiger partial charge in [-0.3, -0.25) is 4.79 Å². The van der Waals surface area contributed by atoms with E-state index in [1.54, 1.807) is 7.11 Å². The number of fused-ring (bicyclic) bond motifs is 1. The van der Waals surface area contributed by atoms with E-state index < -0.39 is 11.6 Å². The van der Waals surface area contributed by atoms with Gasteiger partial charge in [0.2, 0.25) is 0 Å². The third-order valence-electron chi connectivity index (χ3n) is 3.99. The summed E-state index contributed by atoms with van der Waals surface area (Å²) in [5.74, 6) is 6.50. The van der Waals surface area contributed by atoms with E-state index >= 15 is 0 Å². The fourth-order valence-electron chi connectivity index (χ4n) is 2.82. The molecule has 4 nitrogen and oxygen atoms in total. The van der Waals surface area contributed by atoms with Crippen LogP contribution in [0.3, 0.4) is 0 Å². The van der Waals surface area contributed by atoms with E-state index in [4.69, 9.17) is 9.47 Å². The van der Waals surface area contributed by atoms with Crippen LogP contribution in [0.1, 0.15) is 39.7 Å². The van der Waals surface area contributed by atoms with E-state index in [9.17, 15) is 4.79 Å². The summed E-state index contributed by atoms with van der Waals surface area (Å²) in [6, 6.07) is 11.9. The molecule has 0 aromatic heterocycles. The Balaban J connectivity index is 2.18. The first kappa shape index (κ1) is 19.8. The van der Waals surface area contributed by atoms with Gasteiger partial charge in [0.25, 0.3) is 5.91 Å². The molecule has 0 bridgehead atoms. The predicted molar refractivity (Wildman–Crippen MR) is 105 cm³/mol. The van der Waals surface area contributed by atoms with Crippen LogP contribution in [0.25, 0.3) is 10.8 Å². The van der Waals surface area contributed by atoms with E-state index in [2.05, 4.69) is 17.2 Å². The second-order valence-corrected chi connectivity index (χ2v) is 6.92. The number of hydrogen-bond acceptors (Lipinski definition) is 3. The average Bonchev–Trinajstić information content (AvgIpc) is 2.59. The monoisotopic (exact) mass is 353 g/mol. The molecule has 1 atom stereocenters. The molecule has 1 N–H and O–H groups in total. The van der Waals surface area contributed by atoms with Gasteiger partial charge in [-0.15, -0.1) is 5.92 Å². The second kappa shape index (κ2) is 8.73. The molecule has 0 aliphatic carbocycles. The maximum atomic E-state index is 12.6. The first-order valence-electron chi connectivity index (χ1n) is 8.82. The largest absolute Gasteiger partial charge is 0.481 e. The SMILES string of the molecule is CC#Cc1ccc2ccc(OC(CC)C(=O)NC(C)(C)COC)cc2c1. The van der Waals surface area contributed by atoms with Crippen LogP contribution in [-0.4, -0.2) is 31.3 Å². The minimum absolute atomic E-state index is 0.139. The van der Waals surface area contributed by atoms with E-state index in [0.717, 1.165) is 16.3 Å². The molecule has 0 aliphatic heterocycles. The van der Waals surface area contributed by atoms with E-state index in [0.29, 0.717) is 18.8 Å². The van der Waals surface area contributed by atoms with Crippen LogP contribution in [0.4, 0.5) is 0 Å². The van der Waals surface area contributed by atoms with Gasteiger partial charge in [0.15, 0.2) is 6.10 Å². The molecule has 0 fully saturated rings. The molecule has 0 saturated carbocycles. The minimum atomic E-state index is -0.554. The highest BCUT2D eigenvalue weighted by atomic mass is 16.5. The highest BCUT2D eigenvalue weighted by Gasteiger charge is 2.26. The molecule has 2 aromatic carbocycles.